The predicted molar refractivity (Wildman–Crippen MR) is 63.1 cm³/mol. The molecule has 0 aliphatic carbocycles. The molecule has 0 saturated carbocycles. The van der Waals surface area contributed by atoms with Gasteiger partial charge in [0.2, 0.25) is 0 Å². The third-order valence-electron chi connectivity index (χ3n) is 2.27. The van der Waals surface area contributed by atoms with Crippen molar-refractivity contribution in [2.24, 2.45) is 0 Å². The van der Waals surface area contributed by atoms with Gasteiger partial charge in [-0.1, -0.05) is 12.6 Å². The molecule has 0 heterocycles. The van der Waals surface area contributed by atoms with Crippen molar-refractivity contribution in [3.05, 3.63) is 35.9 Å². The third-order valence-corrected chi connectivity index (χ3v) is 2.27. The number of aliphatic carboxylic acids is 1. The minimum atomic E-state index is -1.01. The molecule has 5 nitrogen and oxygen atoms in total. The molecule has 0 amide bonds. The molecular formula is C12H15NO4. The van der Waals surface area contributed by atoms with Gasteiger partial charge in [0.05, 0.1) is 0 Å². The van der Waals surface area contributed by atoms with Gasteiger partial charge in [0, 0.05) is 12.1 Å². The fourth-order valence-corrected chi connectivity index (χ4v) is 1.27. The highest BCUT2D eigenvalue weighted by Gasteiger charge is 2.03. The van der Waals surface area contributed by atoms with Gasteiger partial charge >= 0.3 is 5.97 Å². The number of nitrogens with one attached hydrogen (secondary N) is 1. The first-order chi connectivity index (χ1) is 8.00. The van der Waals surface area contributed by atoms with E-state index in [-0.39, 0.29) is 23.6 Å². The number of phenols is 2. The van der Waals surface area contributed by atoms with Crippen molar-refractivity contribution < 1.29 is 20.1 Å². The lowest BCUT2D eigenvalue weighted by Gasteiger charge is -2.05. The topological polar surface area (TPSA) is 89.8 Å². The van der Waals surface area contributed by atoms with Crippen molar-refractivity contribution in [2.75, 3.05) is 13.1 Å². The van der Waals surface area contributed by atoms with Crippen LogP contribution in [-0.4, -0.2) is 34.4 Å². The number of carbonyl (C=O) groups is 1. The second-order valence-electron chi connectivity index (χ2n) is 3.66. The molecule has 0 bridgehead atoms. The van der Waals surface area contributed by atoms with E-state index in [0.717, 1.165) is 5.56 Å². The highest BCUT2D eigenvalue weighted by molar-refractivity contribution is 5.86. The number of benzene rings is 1. The van der Waals surface area contributed by atoms with Gasteiger partial charge in [-0.15, -0.1) is 0 Å². The Hall–Kier alpha value is -2.01. The van der Waals surface area contributed by atoms with Gasteiger partial charge in [0.15, 0.2) is 11.5 Å². The summed E-state index contributed by atoms with van der Waals surface area (Å²) in [6.07, 6.45) is 0.626. The molecule has 0 aromatic heterocycles. The zero-order valence-electron chi connectivity index (χ0n) is 9.31. The van der Waals surface area contributed by atoms with Crippen molar-refractivity contribution in [1.82, 2.24) is 5.32 Å². The van der Waals surface area contributed by atoms with Crippen LogP contribution in [0.4, 0.5) is 0 Å². The molecule has 1 aromatic carbocycles. The summed E-state index contributed by atoms with van der Waals surface area (Å²) in [6, 6.07) is 4.59. The van der Waals surface area contributed by atoms with Crippen LogP contribution in [0, 0.1) is 0 Å². The third kappa shape index (κ3) is 4.16. The summed E-state index contributed by atoms with van der Waals surface area (Å²) in [5.41, 5.74) is 0.965. The van der Waals surface area contributed by atoms with Gasteiger partial charge in [0.25, 0.3) is 0 Å². The van der Waals surface area contributed by atoms with Gasteiger partial charge in [-0.05, 0) is 30.7 Å². The zero-order chi connectivity index (χ0) is 12.8. The van der Waals surface area contributed by atoms with Crippen LogP contribution in [0.1, 0.15) is 5.56 Å². The van der Waals surface area contributed by atoms with E-state index >= 15 is 0 Å². The molecule has 0 aliphatic rings. The fraction of sp³-hybridized carbons (Fsp3) is 0.250. The summed E-state index contributed by atoms with van der Waals surface area (Å²) in [6.45, 7) is 4.18. The summed E-state index contributed by atoms with van der Waals surface area (Å²) in [5.74, 6) is -1.32. The predicted octanol–water partition coefficient (Wildman–Crippen LogP) is 0.871. The van der Waals surface area contributed by atoms with Crippen LogP contribution in [-0.2, 0) is 11.2 Å². The van der Waals surface area contributed by atoms with E-state index in [1.807, 2.05) is 0 Å². The Kier molecular flexibility index (Phi) is 4.54. The largest absolute Gasteiger partial charge is 0.504 e. The molecule has 0 atom stereocenters. The lowest BCUT2D eigenvalue weighted by Crippen LogP contribution is -2.22. The van der Waals surface area contributed by atoms with Crippen molar-refractivity contribution in [3.8, 4) is 11.5 Å². The van der Waals surface area contributed by atoms with Crippen molar-refractivity contribution in [2.45, 2.75) is 6.42 Å². The van der Waals surface area contributed by atoms with Crippen molar-refractivity contribution >= 4 is 5.97 Å². The summed E-state index contributed by atoms with van der Waals surface area (Å²) < 4.78 is 0. The van der Waals surface area contributed by atoms with Gasteiger partial charge in [-0.3, -0.25) is 0 Å². The van der Waals surface area contributed by atoms with Gasteiger partial charge in [-0.2, -0.15) is 0 Å². The molecule has 1 rings (SSSR count). The monoisotopic (exact) mass is 237 g/mol. The molecule has 0 spiro atoms. The van der Waals surface area contributed by atoms with Crippen LogP contribution in [0.25, 0.3) is 0 Å². The Morgan fingerprint density at radius 2 is 2.00 bits per heavy atom. The first-order valence-corrected chi connectivity index (χ1v) is 5.13. The molecule has 17 heavy (non-hydrogen) atoms. The normalized spacial score (nSPS) is 10.1. The minimum absolute atomic E-state index is 0.110. The number of carboxylic acids is 1. The molecule has 0 fully saturated rings. The van der Waals surface area contributed by atoms with E-state index in [4.69, 9.17) is 10.2 Å². The number of hydrogen-bond donors (Lipinski definition) is 4. The van der Waals surface area contributed by atoms with E-state index in [9.17, 15) is 9.90 Å². The van der Waals surface area contributed by atoms with Crippen LogP contribution < -0.4 is 5.32 Å². The lowest BCUT2D eigenvalue weighted by molar-refractivity contribution is -0.132. The Morgan fingerprint density at radius 1 is 1.29 bits per heavy atom. The Balaban J connectivity index is 2.34. The molecule has 4 N–H and O–H groups in total. The second-order valence-corrected chi connectivity index (χ2v) is 3.66. The highest BCUT2D eigenvalue weighted by Crippen LogP contribution is 2.24. The van der Waals surface area contributed by atoms with Gasteiger partial charge in [-0.25, -0.2) is 4.79 Å². The quantitative estimate of drug-likeness (QED) is 0.335. The van der Waals surface area contributed by atoms with Crippen LogP contribution in [0.2, 0.25) is 0 Å². The maximum Gasteiger partial charge on any atom is 0.332 e. The number of phenolic OH excluding ortho intramolecular Hbond substituents is 2. The highest BCUT2D eigenvalue weighted by atomic mass is 16.4. The molecule has 0 aliphatic heterocycles. The minimum Gasteiger partial charge on any atom is -0.504 e. The molecule has 5 heteroatoms. The lowest BCUT2D eigenvalue weighted by atomic mass is 10.1. The van der Waals surface area contributed by atoms with E-state index in [2.05, 4.69) is 11.9 Å². The Labute approximate surface area is 99.0 Å². The standard InChI is InChI=1S/C12H15NO4/c1-8(12(16)17)7-13-5-4-9-2-3-10(14)11(15)6-9/h2-3,6,13-15H,1,4-5,7H2,(H,16,17). The number of aromatic hydroxyl groups is 2. The maximum absolute atomic E-state index is 10.4. The maximum atomic E-state index is 10.4. The second kappa shape index (κ2) is 5.91. The van der Waals surface area contributed by atoms with Gasteiger partial charge < -0.3 is 20.6 Å². The Morgan fingerprint density at radius 3 is 2.59 bits per heavy atom. The summed E-state index contributed by atoms with van der Waals surface area (Å²) >= 11 is 0. The zero-order valence-corrected chi connectivity index (χ0v) is 9.31. The van der Waals surface area contributed by atoms with E-state index in [0.29, 0.717) is 13.0 Å². The van der Waals surface area contributed by atoms with E-state index < -0.39 is 5.97 Å². The molecular weight excluding hydrogens is 222 g/mol. The average Bonchev–Trinajstić information content (AvgIpc) is 2.28. The number of carboxylic acid groups (broad SMARTS) is 1. The summed E-state index contributed by atoms with van der Waals surface area (Å²) in [4.78, 5) is 10.4. The van der Waals surface area contributed by atoms with Crippen molar-refractivity contribution in [1.29, 1.82) is 0 Å². The van der Waals surface area contributed by atoms with E-state index in [1.165, 1.54) is 12.1 Å². The van der Waals surface area contributed by atoms with E-state index in [1.54, 1.807) is 6.07 Å². The Bertz CT molecular complexity index is 429. The molecule has 92 valence electrons. The summed E-state index contributed by atoms with van der Waals surface area (Å²) in [5, 5.41) is 29.9. The smallest absolute Gasteiger partial charge is 0.332 e. The molecule has 1 aromatic rings. The van der Waals surface area contributed by atoms with Crippen LogP contribution in [0.3, 0.4) is 0 Å². The van der Waals surface area contributed by atoms with Crippen LogP contribution in [0.15, 0.2) is 30.4 Å². The fourth-order valence-electron chi connectivity index (χ4n) is 1.27. The van der Waals surface area contributed by atoms with Crippen LogP contribution >= 0.6 is 0 Å². The molecule has 0 radical (unpaired) electrons. The van der Waals surface area contributed by atoms with Crippen LogP contribution in [0.5, 0.6) is 11.5 Å². The summed E-state index contributed by atoms with van der Waals surface area (Å²) in [7, 11) is 0. The average molecular weight is 237 g/mol. The first kappa shape index (κ1) is 13.1. The van der Waals surface area contributed by atoms with Crippen molar-refractivity contribution in [3.63, 3.8) is 0 Å². The van der Waals surface area contributed by atoms with Gasteiger partial charge in [0.1, 0.15) is 0 Å². The SMILES string of the molecule is C=C(CNCCc1ccc(O)c(O)c1)C(=O)O. The molecule has 0 saturated heterocycles. The number of hydrogen-bond acceptors (Lipinski definition) is 4. The number of rotatable bonds is 6. The first-order valence-electron chi connectivity index (χ1n) is 5.13. The molecule has 0 unspecified atom stereocenters.